The van der Waals surface area contributed by atoms with Crippen molar-refractivity contribution in [2.45, 2.75) is 13.5 Å². The normalized spacial score (nSPS) is 15.0. The zero-order chi connectivity index (χ0) is 24.1. The van der Waals surface area contributed by atoms with Gasteiger partial charge in [0.1, 0.15) is 15.8 Å². The van der Waals surface area contributed by atoms with Gasteiger partial charge in [-0.1, -0.05) is 60.4 Å². The summed E-state index contributed by atoms with van der Waals surface area (Å²) in [6.07, 6.45) is 3.22. The lowest BCUT2D eigenvalue weighted by atomic mass is 10.2. The number of rotatable bonds is 9. The molecular formula is C24H24N4O4S2. The molecule has 2 aromatic heterocycles. The van der Waals surface area contributed by atoms with Crippen molar-refractivity contribution >= 4 is 51.7 Å². The van der Waals surface area contributed by atoms with Crippen molar-refractivity contribution in [3.8, 4) is 0 Å². The number of ether oxygens (including phenoxy) is 1. The Labute approximate surface area is 206 Å². The summed E-state index contributed by atoms with van der Waals surface area (Å²) in [5.74, 6) is 0.116. The second-order valence-corrected chi connectivity index (χ2v) is 9.26. The number of amides is 1. The number of thioether (sulfide) groups is 1. The molecule has 1 amide bonds. The standard InChI is InChI=1S/C24H24N4O4S2/c1-16-6-5-10-27-21(16)26-20(25-9-12-32-13-11-29)18(22(27)30)14-19-23(31)28(24(33)34-19)15-17-7-3-2-4-8-17/h2-8,10,14,25,29H,9,11-13,15H2,1H3/b19-14-. The van der Waals surface area contributed by atoms with Crippen molar-refractivity contribution in [2.75, 3.05) is 31.7 Å². The molecule has 8 nitrogen and oxygen atoms in total. The third-order valence-corrected chi connectivity index (χ3v) is 6.57. The number of hydrogen-bond acceptors (Lipinski definition) is 8. The number of nitrogens with zero attached hydrogens (tertiary/aromatic N) is 3. The number of thiocarbonyl (C=S) groups is 1. The Morgan fingerprint density at radius 3 is 2.74 bits per heavy atom. The van der Waals surface area contributed by atoms with Crippen LogP contribution in [-0.4, -0.2) is 56.0 Å². The first-order valence-corrected chi connectivity index (χ1v) is 12.0. The Morgan fingerprint density at radius 1 is 1.18 bits per heavy atom. The number of fused-ring (bicyclic) bond motifs is 1. The van der Waals surface area contributed by atoms with Gasteiger partial charge in [-0.3, -0.25) is 18.9 Å². The molecule has 3 aromatic rings. The van der Waals surface area contributed by atoms with Crippen LogP contribution < -0.4 is 10.9 Å². The van der Waals surface area contributed by atoms with Crippen molar-refractivity contribution in [2.24, 2.45) is 0 Å². The highest BCUT2D eigenvalue weighted by atomic mass is 32.2. The third kappa shape index (κ3) is 5.20. The Kier molecular flexibility index (Phi) is 7.73. The molecule has 1 aliphatic heterocycles. The largest absolute Gasteiger partial charge is 0.394 e. The van der Waals surface area contributed by atoms with E-state index < -0.39 is 0 Å². The van der Waals surface area contributed by atoms with Gasteiger partial charge in [0, 0.05) is 12.7 Å². The van der Waals surface area contributed by atoms with E-state index in [2.05, 4.69) is 10.3 Å². The summed E-state index contributed by atoms with van der Waals surface area (Å²) >= 11 is 6.63. The van der Waals surface area contributed by atoms with Crippen molar-refractivity contribution in [1.82, 2.24) is 14.3 Å². The minimum Gasteiger partial charge on any atom is -0.394 e. The van der Waals surface area contributed by atoms with Gasteiger partial charge in [0.25, 0.3) is 11.5 Å². The fourth-order valence-corrected chi connectivity index (χ4v) is 4.75. The zero-order valence-electron chi connectivity index (χ0n) is 18.6. The first-order valence-electron chi connectivity index (χ1n) is 10.7. The molecule has 176 valence electrons. The van der Waals surface area contributed by atoms with Crippen LogP contribution >= 0.6 is 24.0 Å². The highest BCUT2D eigenvalue weighted by Gasteiger charge is 2.32. The summed E-state index contributed by atoms with van der Waals surface area (Å²) in [7, 11) is 0. The maximum Gasteiger partial charge on any atom is 0.267 e. The monoisotopic (exact) mass is 496 g/mol. The van der Waals surface area contributed by atoms with Crippen LogP contribution in [-0.2, 0) is 16.1 Å². The van der Waals surface area contributed by atoms with E-state index in [1.54, 1.807) is 18.3 Å². The number of benzene rings is 1. The Bertz CT molecular complexity index is 1310. The molecule has 2 N–H and O–H groups in total. The number of hydrogen-bond donors (Lipinski definition) is 2. The van der Waals surface area contributed by atoms with E-state index in [1.165, 1.54) is 21.1 Å². The van der Waals surface area contributed by atoms with Gasteiger partial charge in [0.05, 0.1) is 36.8 Å². The summed E-state index contributed by atoms with van der Waals surface area (Å²) in [5, 5.41) is 12.0. The maximum atomic E-state index is 13.4. The van der Waals surface area contributed by atoms with Gasteiger partial charge in [-0.15, -0.1) is 0 Å². The lowest BCUT2D eigenvalue weighted by molar-refractivity contribution is -0.122. The van der Waals surface area contributed by atoms with Crippen molar-refractivity contribution in [3.05, 3.63) is 80.6 Å². The topological polar surface area (TPSA) is 96.2 Å². The molecule has 0 bridgehead atoms. The van der Waals surface area contributed by atoms with Crippen LogP contribution in [0.25, 0.3) is 11.7 Å². The van der Waals surface area contributed by atoms with Crippen LogP contribution in [0.2, 0.25) is 0 Å². The number of nitrogens with one attached hydrogen (secondary N) is 1. The van der Waals surface area contributed by atoms with Crippen LogP contribution in [0.4, 0.5) is 5.82 Å². The van der Waals surface area contributed by atoms with Gasteiger partial charge < -0.3 is 15.2 Å². The number of anilines is 1. The lowest BCUT2D eigenvalue weighted by Crippen LogP contribution is -2.27. The summed E-state index contributed by atoms with van der Waals surface area (Å²) < 4.78 is 7.21. The quantitative estimate of drug-likeness (QED) is 0.265. The fraction of sp³-hybridized carbons (Fsp3) is 0.250. The summed E-state index contributed by atoms with van der Waals surface area (Å²) in [6, 6.07) is 13.3. The highest BCUT2D eigenvalue weighted by molar-refractivity contribution is 8.26. The van der Waals surface area contributed by atoms with E-state index in [9.17, 15) is 9.59 Å². The molecule has 4 rings (SSSR count). The number of aliphatic hydroxyl groups excluding tert-OH is 1. The Balaban J connectivity index is 1.68. The average Bonchev–Trinajstić information content (AvgIpc) is 3.10. The van der Waals surface area contributed by atoms with E-state index >= 15 is 0 Å². The van der Waals surface area contributed by atoms with Gasteiger partial charge in [-0.05, 0) is 30.2 Å². The molecule has 1 aliphatic rings. The molecule has 1 aromatic carbocycles. The first-order chi connectivity index (χ1) is 16.5. The van der Waals surface area contributed by atoms with Crippen molar-refractivity contribution in [3.63, 3.8) is 0 Å². The minimum absolute atomic E-state index is 0.0646. The number of aryl methyl sites for hydroxylation is 1. The van der Waals surface area contributed by atoms with E-state index in [0.29, 0.717) is 40.4 Å². The maximum absolute atomic E-state index is 13.4. The molecular weight excluding hydrogens is 472 g/mol. The Morgan fingerprint density at radius 2 is 1.97 bits per heavy atom. The number of aliphatic hydroxyl groups is 1. The van der Waals surface area contributed by atoms with E-state index in [-0.39, 0.29) is 30.2 Å². The molecule has 0 radical (unpaired) electrons. The number of aromatic nitrogens is 2. The molecule has 1 fully saturated rings. The van der Waals surface area contributed by atoms with Crippen molar-refractivity contribution < 1.29 is 14.6 Å². The van der Waals surface area contributed by atoms with Crippen LogP contribution in [0.5, 0.6) is 0 Å². The summed E-state index contributed by atoms with van der Waals surface area (Å²) in [5.41, 5.74) is 2.32. The van der Waals surface area contributed by atoms with Crippen LogP contribution in [0.3, 0.4) is 0 Å². The lowest BCUT2D eigenvalue weighted by Gasteiger charge is -2.14. The molecule has 0 unspecified atom stereocenters. The summed E-state index contributed by atoms with van der Waals surface area (Å²) in [6.45, 7) is 3.11. The van der Waals surface area contributed by atoms with E-state index in [4.69, 9.17) is 22.1 Å². The third-order valence-electron chi connectivity index (χ3n) is 5.19. The van der Waals surface area contributed by atoms with Crippen LogP contribution in [0.15, 0.2) is 58.4 Å². The smallest absolute Gasteiger partial charge is 0.267 e. The van der Waals surface area contributed by atoms with E-state index in [0.717, 1.165) is 11.1 Å². The average molecular weight is 497 g/mol. The summed E-state index contributed by atoms with van der Waals surface area (Å²) in [4.78, 5) is 33.1. The number of carbonyl (C=O) groups is 1. The van der Waals surface area contributed by atoms with Gasteiger partial charge in [-0.25, -0.2) is 4.98 Å². The number of carbonyl (C=O) groups excluding carboxylic acids is 1. The first kappa shape index (κ1) is 24.1. The van der Waals surface area contributed by atoms with Crippen molar-refractivity contribution in [1.29, 1.82) is 0 Å². The van der Waals surface area contributed by atoms with Crippen LogP contribution in [0, 0.1) is 6.92 Å². The second-order valence-electron chi connectivity index (χ2n) is 7.58. The molecule has 3 heterocycles. The van der Waals surface area contributed by atoms with Crippen LogP contribution in [0.1, 0.15) is 16.7 Å². The predicted octanol–water partition coefficient (Wildman–Crippen LogP) is 2.83. The molecule has 0 spiro atoms. The van der Waals surface area contributed by atoms with Gasteiger partial charge >= 0.3 is 0 Å². The van der Waals surface area contributed by atoms with Gasteiger partial charge in [-0.2, -0.15) is 0 Å². The van der Waals surface area contributed by atoms with Gasteiger partial charge in [0.15, 0.2) is 0 Å². The van der Waals surface area contributed by atoms with E-state index in [1.807, 2.05) is 43.3 Å². The SMILES string of the molecule is Cc1cccn2c(=O)c(/C=C3\SC(=S)N(Cc4ccccc4)C3=O)c(NCCOCCO)nc12. The number of pyridine rings is 1. The fourth-order valence-electron chi connectivity index (χ4n) is 3.52. The molecule has 34 heavy (non-hydrogen) atoms. The molecule has 0 aliphatic carbocycles. The zero-order valence-corrected chi connectivity index (χ0v) is 20.2. The Hall–Kier alpha value is -3.05. The molecule has 10 heteroatoms. The predicted molar refractivity (Wildman–Crippen MR) is 138 cm³/mol. The molecule has 1 saturated heterocycles. The van der Waals surface area contributed by atoms with Gasteiger partial charge in [0.2, 0.25) is 0 Å². The molecule has 0 atom stereocenters. The minimum atomic E-state index is -0.291. The molecule has 0 saturated carbocycles. The highest BCUT2D eigenvalue weighted by Crippen LogP contribution is 2.34. The second kappa shape index (κ2) is 10.9.